The maximum atomic E-state index is 13.3. The summed E-state index contributed by atoms with van der Waals surface area (Å²) in [7, 11) is 0. The number of benzene rings is 1. The number of nitrogens with one attached hydrogen (secondary N) is 2. The molecule has 1 aromatic carbocycles. The van der Waals surface area contributed by atoms with Crippen molar-refractivity contribution in [2.45, 2.75) is 6.42 Å². The van der Waals surface area contributed by atoms with Gasteiger partial charge in [0.15, 0.2) is 17.5 Å². The summed E-state index contributed by atoms with van der Waals surface area (Å²) in [5.41, 5.74) is -0.545. The van der Waals surface area contributed by atoms with E-state index in [1.54, 1.807) is 0 Å². The number of aromatic nitrogens is 3. The number of nitrogens with zero attached hydrogens (tertiary/aromatic N) is 2. The lowest BCUT2D eigenvalue weighted by Crippen LogP contribution is -2.27. The molecule has 0 saturated heterocycles. The van der Waals surface area contributed by atoms with Crippen LogP contribution in [0.2, 0.25) is 0 Å². The minimum absolute atomic E-state index is 0.159. The lowest BCUT2D eigenvalue weighted by molar-refractivity contribution is 0.0948. The van der Waals surface area contributed by atoms with Gasteiger partial charge in [0.25, 0.3) is 5.91 Å². The topological polar surface area (TPSA) is 70.7 Å². The van der Waals surface area contributed by atoms with Crippen molar-refractivity contribution >= 4 is 5.91 Å². The fraction of sp³-hybridized carbons (Fsp3) is 0.182. The molecule has 2 N–H and O–H groups in total. The van der Waals surface area contributed by atoms with E-state index in [9.17, 15) is 18.0 Å². The molecular formula is C11H9F3N4O. The van der Waals surface area contributed by atoms with Crippen molar-refractivity contribution in [3.8, 4) is 0 Å². The third-order valence-corrected chi connectivity index (χ3v) is 2.39. The van der Waals surface area contributed by atoms with Gasteiger partial charge in [-0.1, -0.05) is 0 Å². The third kappa shape index (κ3) is 2.90. The summed E-state index contributed by atoms with van der Waals surface area (Å²) in [6, 6.07) is 1.58. The lowest BCUT2D eigenvalue weighted by atomic mass is 10.2. The summed E-state index contributed by atoms with van der Waals surface area (Å²) in [5.74, 6) is -4.78. The summed E-state index contributed by atoms with van der Waals surface area (Å²) < 4.78 is 38.9. The van der Waals surface area contributed by atoms with Gasteiger partial charge < -0.3 is 5.32 Å². The van der Waals surface area contributed by atoms with Gasteiger partial charge in [0.1, 0.15) is 12.2 Å². The van der Waals surface area contributed by atoms with E-state index in [1.165, 1.54) is 6.33 Å². The molecule has 0 aliphatic carbocycles. The maximum absolute atomic E-state index is 13.3. The number of hydrogen-bond acceptors (Lipinski definition) is 3. The maximum Gasteiger partial charge on any atom is 0.254 e. The van der Waals surface area contributed by atoms with Gasteiger partial charge in [-0.3, -0.25) is 9.89 Å². The molecule has 0 radical (unpaired) electrons. The molecule has 5 nitrogen and oxygen atoms in total. The van der Waals surface area contributed by atoms with E-state index in [-0.39, 0.29) is 6.54 Å². The first kappa shape index (κ1) is 13.1. The Bertz CT molecular complexity index is 586. The van der Waals surface area contributed by atoms with Crippen molar-refractivity contribution < 1.29 is 18.0 Å². The smallest absolute Gasteiger partial charge is 0.254 e. The molecule has 1 amide bonds. The van der Waals surface area contributed by atoms with Crippen LogP contribution >= 0.6 is 0 Å². The highest BCUT2D eigenvalue weighted by Gasteiger charge is 2.18. The van der Waals surface area contributed by atoms with Crippen molar-refractivity contribution in [2.24, 2.45) is 0 Å². The summed E-state index contributed by atoms with van der Waals surface area (Å²) >= 11 is 0. The average Bonchev–Trinajstić information content (AvgIpc) is 2.89. The molecule has 1 aromatic heterocycles. The zero-order valence-electron chi connectivity index (χ0n) is 9.58. The molecule has 19 heavy (non-hydrogen) atoms. The number of carbonyl (C=O) groups is 1. The van der Waals surface area contributed by atoms with Gasteiger partial charge in [0, 0.05) is 13.0 Å². The molecule has 0 spiro atoms. The first-order chi connectivity index (χ1) is 9.09. The first-order valence-corrected chi connectivity index (χ1v) is 5.35. The largest absolute Gasteiger partial charge is 0.351 e. The van der Waals surface area contributed by atoms with Crippen molar-refractivity contribution in [3.05, 3.63) is 47.3 Å². The molecule has 2 aromatic rings. The Hall–Kier alpha value is -2.38. The molecule has 2 rings (SSSR count). The van der Waals surface area contributed by atoms with Crippen LogP contribution in [0.3, 0.4) is 0 Å². The molecule has 0 fully saturated rings. The fourth-order valence-electron chi connectivity index (χ4n) is 1.44. The molecule has 8 heteroatoms. The molecule has 100 valence electrons. The fourth-order valence-corrected chi connectivity index (χ4v) is 1.44. The number of carbonyl (C=O) groups excluding carboxylic acids is 1. The minimum atomic E-state index is -1.66. The highest BCUT2D eigenvalue weighted by Crippen LogP contribution is 2.14. The summed E-state index contributed by atoms with van der Waals surface area (Å²) in [6.45, 7) is 0.159. The monoisotopic (exact) mass is 270 g/mol. The number of H-pyrrole nitrogens is 1. The number of halogens is 3. The van der Waals surface area contributed by atoms with Crippen LogP contribution < -0.4 is 5.32 Å². The molecule has 0 unspecified atom stereocenters. The molecule has 0 bridgehead atoms. The first-order valence-electron chi connectivity index (χ1n) is 5.35. The van der Waals surface area contributed by atoms with Crippen LogP contribution in [0.4, 0.5) is 13.2 Å². The highest BCUT2D eigenvalue weighted by molar-refractivity contribution is 5.94. The molecular weight excluding hydrogens is 261 g/mol. The standard InChI is InChI=1S/C11H9F3N4O/c12-7-2-1-6(9(13)10(7)14)11(19)15-4-3-8-16-5-17-18-8/h1-2,5H,3-4H2,(H,15,19)(H,16,17,18). The summed E-state index contributed by atoms with van der Waals surface area (Å²) in [6.07, 6.45) is 1.67. The minimum Gasteiger partial charge on any atom is -0.351 e. The Morgan fingerprint density at radius 1 is 1.26 bits per heavy atom. The van der Waals surface area contributed by atoms with Crippen LogP contribution in [-0.2, 0) is 6.42 Å². The zero-order valence-corrected chi connectivity index (χ0v) is 9.58. The predicted molar refractivity (Wildman–Crippen MR) is 58.7 cm³/mol. The van der Waals surface area contributed by atoms with Crippen molar-refractivity contribution in [2.75, 3.05) is 6.54 Å². The molecule has 0 aliphatic heterocycles. The van der Waals surface area contributed by atoms with Crippen LogP contribution in [-0.4, -0.2) is 27.6 Å². The van der Waals surface area contributed by atoms with Gasteiger partial charge >= 0.3 is 0 Å². The normalized spacial score (nSPS) is 10.5. The van der Waals surface area contributed by atoms with Gasteiger partial charge in [-0.15, -0.1) is 0 Å². The van der Waals surface area contributed by atoms with Crippen LogP contribution in [0.1, 0.15) is 16.2 Å². The third-order valence-electron chi connectivity index (χ3n) is 2.39. The summed E-state index contributed by atoms with van der Waals surface area (Å²) in [4.78, 5) is 15.4. The molecule has 1 heterocycles. The van der Waals surface area contributed by atoms with Gasteiger partial charge in [0.2, 0.25) is 0 Å². The predicted octanol–water partition coefficient (Wildman–Crippen LogP) is 1.19. The van der Waals surface area contributed by atoms with E-state index in [2.05, 4.69) is 20.5 Å². The average molecular weight is 270 g/mol. The van der Waals surface area contributed by atoms with Crippen LogP contribution in [0.25, 0.3) is 0 Å². The highest BCUT2D eigenvalue weighted by atomic mass is 19.2. The Morgan fingerprint density at radius 3 is 2.74 bits per heavy atom. The zero-order chi connectivity index (χ0) is 13.8. The second kappa shape index (κ2) is 5.51. The second-order valence-corrected chi connectivity index (χ2v) is 3.66. The lowest BCUT2D eigenvalue weighted by Gasteiger charge is -2.06. The van der Waals surface area contributed by atoms with E-state index in [0.29, 0.717) is 18.3 Å². The van der Waals surface area contributed by atoms with Gasteiger partial charge in [-0.25, -0.2) is 18.2 Å². The molecule has 0 saturated carbocycles. The van der Waals surface area contributed by atoms with Crippen molar-refractivity contribution in [1.82, 2.24) is 20.5 Å². The Morgan fingerprint density at radius 2 is 2.05 bits per heavy atom. The van der Waals surface area contributed by atoms with Crippen molar-refractivity contribution in [3.63, 3.8) is 0 Å². The molecule has 0 aliphatic rings. The van der Waals surface area contributed by atoms with Crippen LogP contribution in [0, 0.1) is 17.5 Å². The van der Waals surface area contributed by atoms with Crippen molar-refractivity contribution in [1.29, 1.82) is 0 Å². The van der Waals surface area contributed by atoms with Gasteiger partial charge in [-0.2, -0.15) is 5.10 Å². The van der Waals surface area contributed by atoms with E-state index >= 15 is 0 Å². The second-order valence-electron chi connectivity index (χ2n) is 3.66. The van der Waals surface area contributed by atoms with E-state index < -0.39 is 28.9 Å². The SMILES string of the molecule is O=C(NCCc1ncn[nH]1)c1ccc(F)c(F)c1F. The number of rotatable bonds is 4. The number of hydrogen-bond donors (Lipinski definition) is 2. The Labute approximate surface area is 105 Å². The Kier molecular flexibility index (Phi) is 3.79. The van der Waals surface area contributed by atoms with Gasteiger partial charge in [-0.05, 0) is 12.1 Å². The van der Waals surface area contributed by atoms with Crippen LogP contribution in [0.15, 0.2) is 18.5 Å². The van der Waals surface area contributed by atoms with E-state index in [4.69, 9.17) is 0 Å². The van der Waals surface area contributed by atoms with Gasteiger partial charge in [0.05, 0.1) is 5.56 Å². The quantitative estimate of drug-likeness (QED) is 0.820. The summed E-state index contributed by atoms with van der Waals surface area (Å²) in [5, 5.41) is 8.56. The Balaban J connectivity index is 1.98. The molecule has 0 atom stereocenters. The van der Waals surface area contributed by atoms with E-state index in [1.807, 2.05) is 0 Å². The van der Waals surface area contributed by atoms with Crippen LogP contribution in [0.5, 0.6) is 0 Å². The van der Waals surface area contributed by atoms with E-state index in [0.717, 1.165) is 6.07 Å². The number of amides is 1. The number of aromatic amines is 1.